The zero-order valence-electron chi connectivity index (χ0n) is 10.1. The van der Waals surface area contributed by atoms with Gasteiger partial charge in [-0.05, 0) is 49.7 Å². The summed E-state index contributed by atoms with van der Waals surface area (Å²) in [5, 5.41) is 0. The highest BCUT2D eigenvalue weighted by Gasteiger charge is 2.31. The van der Waals surface area contributed by atoms with Gasteiger partial charge in [0.1, 0.15) is 0 Å². The molecule has 0 radical (unpaired) electrons. The molecule has 0 atom stereocenters. The van der Waals surface area contributed by atoms with Crippen molar-refractivity contribution in [3.05, 3.63) is 28.7 Å². The van der Waals surface area contributed by atoms with Crippen molar-refractivity contribution >= 4 is 21.6 Å². The summed E-state index contributed by atoms with van der Waals surface area (Å²) in [5.74, 6) is 0. The van der Waals surface area contributed by atoms with Crippen molar-refractivity contribution in [2.24, 2.45) is 0 Å². The van der Waals surface area contributed by atoms with Gasteiger partial charge in [0.15, 0.2) is 0 Å². The van der Waals surface area contributed by atoms with Crippen LogP contribution in [0.2, 0.25) is 0 Å². The molecule has 18 heavy (non-hydrogen) atoms. The van der Waals surface area contributed by atoms with Crippen LogP contribution in [-0.2, 0) is 9.84 Å². The summed E-state index contributed by atoms with van der Waals surface area (Å²) in [4.78, 5) is 3.06. The van der Waals surface area contributed by atoms with E-state index in [4.69, 9.17) is 5.73 Å². The van der Waals surface area contributed by atoms with E-state index >= 15 is 0 Å². The smallest absolute Gasteiger partial charge is 0.204 e. The molecule has 0 aliphatic carbocycles. The lowest BCUT2D eigenvalue weighted by molar-refractivity contribution is 0.374. The van der Waals surface area contributed by atoms with Gasteiger partial charge in [-0.25, -0.2) is 8.42 Å². The Morgan fingerprint density at radius 1 is 1.22 bits per heavy atom. The van der Waals surface area contributed by atoms with Crippen LogP contribution in [-0.4, -0.2) is 33.0 Å². The fraction of sp³-hybridized carbons (Fsp3) is 0.385. The fourth-order valence-electron chi connectivity index (χ4n) is 2.59. The number of nitrogen functional groups attached to an aromatic ring is 1. The highest BCUT2D eigenvalue weighted by molar-refractivity contribution is 7.95. The summed E-state index contributed by atoms with van der Waals surface area (Å²) in [7, 11) is -3.32. The van der Waals surface area contributed by atoms with Gasteiger partial charge in [-0.1, -0.05) is 6.07 Å². The molecule has 0 saturated carbocycles. The first-order valence-corrected chi connectivity index (χ1v) is 7.63. The molecule has 2 heterocycles. The topological polar surface area (TPSA) is 63.4 Å². The molecule has 2 N–H and O–H groups in total. The third kappa shape index (κ3) is 1.83. The molecule has 5 heteroatoms. The van der Waals surface area contributed by atoms with E-state index in [0.717, 1.165) is 31.5 Å². The van der Waals surface area contributed by atoms with Crippen molar-refractivity contribution in [1.82, 2.24) is 4.90 Å². The average molecular weight is 264 g/mol. The maximum Gasteiger partial charge on any atom is 0.204 e. The van der Waals surface area contributed by atoms with Crippen LogP contribution in [0.25, 0.3) is 6.08 Å². The number of hydrogen-bond donors (Lipinski definition) is 1. The molecule has 1 aromatic rings. The van der Waals surface area contributed by atoms with Crippen molar-refractivity contribution in [2.45, 2.75) is 17.7 Å². The van der Waals surface area contributed by atoms with E-state index in [2.05, 4.69) is 4.90 Å². The number of benzene rings is 1. The molecule has 0 spiro atoms. The molecule has 0 amide bonds. The molecule has 3 rings (SSSR count). The molecule has 4 nitrogen and oxygen atoms in total. The van der Waals surface area contributed by atoms with Gasteiger partial charge in [-0.2, -0.15) is 0 Å². The van der Waals surface area contributed by atoms with Gasteiger partial charge >= 0.3 is 0 Å². The quantitative estimate of drug-likeness (QED) is 0.822. The number of hydrogen-bond acceptors (Lipinski definition) is 4. The summed E-state index contributed by atoms with van der Waals surface area (Å²) < 4.78 is 24.7. The molecule has 2 aliphatic rings. The minimum absolute atomic E-state index is 0.358. The Bertz CT molecular complexity index is 614. The normalized spacial score (nSPS) is 21.9. The first kappa shape index (κ1) is 11.7. The maximum atomic E-state index is 12.4. The maximum absolute atomic E-state index is 12.4. The van der Waals surface area contributed by atoms with Crippen LogP contribution in [0.1, 0.15) is 18.4 Å². The van der Waals surface area contributed by atoms with Gasteiger partial charge in [0.05, 0.1) is 9.80 Å². The number of fused-ring (bicyclic) bond motifs is 1. The summed E-state index contributed by atoms with van der Waals surface area (Å²) in [6.07, 6.45) is 4.10. The van der Waals surface area contributed by atoms with Crippen LogP contribution in [0, 0.1) is 0 Å². The first-order valence-electron chi connectivity index (χ1n) is 6.15. The van der Waals surface area contributed by atoms with E-state index in [0.29, 0.717) is 22.0 Å². The Morgan fingerprint density at radius 3 is 2.67 bits per heavy atom. The Balaban J connectivity index is 1.94. The van der Waals surface area contributed by atoms with Crippen molar-refractivity contribution < 1.29 is 8.42 Å². The molecule has 2 aliphatic heterocycles. The van der Waals surface area contributed by atoms with E-state index in [9.17, 15) is 8.42 Å². The van der Waals surface area contributed by atoms with Gasteiger partial charge in [-0.3, -0.25) is 4.90 Å². The van der Waals surface area contributed by atoms with E-state index in [1.807, 2.05) is 0 Å². The molecule has 1 aromatic carbocycles. The Kier molecular flexibility index (Phi) is 2.68. The minimum Gasteiger partial charge on any atom is -0.399 e. The first-order chi connectivity index (χ1) is 8.57. The van der Waals surface area contributed by atoms with Crippen molar-refractivity contribution in [2.75, 3.05) is 25.4 Å². The minimum atomic E-state index is -3.32. The number of rotatable bonds is 2. The SMILES string of the molecule is Nc1ccc2c(c1)S(=O)(=O)C(CN1CCCC1)=C2. The monoisotopic (exact) mass is 264 g/mol. The lowest BCUT2D eigenvalue weighted by atomic mass is 10.2. The fourth-order valence-corrected chi connectivity index (χ4v) is 4.23. The van der Waals surface area contributed by atoms with Crippen LogP contribution in [0.4, 0.5) is 5.69 Å². The lowest BCUT2D eigenvalue weighted by Gasteiger charge is -2.14. The number of anilines is 1. The lowest BCUT2D eigenvalue weighted by Crippen LogP contribution is -2.24. The number of sulfone groups is 1. The average Bonchev–Trinajstić information content (AvgIpc) is 2.90. The van der Waals surface area contributed by atoms with Gasteiger partial charge < -0.3 is 5.73 Å². The van der Waals surface area contributed by atoms with E-state index in [1.54, 1.807) is 24.3 Å². The van der Waals surface area contributed by atoms with Gasteiger partial charge in [0.2, 0.25) is 9.84 Å². The van der Waals surface area contributed by atoms with E-state index < -0.39 is 9.84 Å². The molecule has 1 fully saturated rings. The number of nitrogens with zero attached hydrogens (tertiary/aromatic N) is 1. The summed E-state index contributed by atoms with van der Waals surface area (Å²) in [6.45, 7) is 2.51. The molecule has 1 saturated heterocycles. The molecular weight excluding hydrogens is 248 g/mol. The van der Waals surface area contributed by atoms with Crippen molar-refractivity contribution in [1.29, 1.82) is 0 Å². The van der Waals surface area contributed by atoms with Crippen LogP contribution in [0.15, 0.2) is 28.0 Å². The van der Waals surface area contributed by atoms with Crippen molar-refractivity contribution in [3.8, 4) is 0 Å². The van der Waals surface area contributed by atoms with Crippen LogP contribution in [0.3, 0.4) is 0 Å². The second kappa shape index (κ2) is 4.10. The van der Waals surface area contributed by atoms with Crippen LogP contribution < -0.4 is 5.73 Å². The predicted octanol–water partition coefficient (Wildman–Crippen LogP) is 1.49. The van der Waals surface area contributed by atoms with Gasteiger partial charge in [-0.15, -0.1) is 0 Å². The molecule has 0 aromatic heterocycles. The third-order valence-electron chi connectivity index (χ3n) is 3.57. The number of likely N-dealkylation sites (tertiary alicyclic amines) is 1. The number of nitrogens with two attached hydrogens (primary N) is 1. The second-order valence-electron chi connectivity index (χ2n) is 4.89. The van der Waals surface area contributed by atoms with Gasteiger partial charge in [0, 0.05) is 12.2 Å². The summed E-state index contributed by atoms with van der Waals surface area (Å²) >= 11 is 0. The van der Waals surface area contributed by atoms with Crippen LogP contribution in [0.5, 0.6) is 0 Å². The third-order valence-corrected chi connectivity index (χ3v) is 5.44. The van der Waals surface area contributed by atoms with Crippen LogP contribution >= 0.6 is 0 Å². The molecule has 96 valence electrons. The Hall–Kier alpha value is -1.33. The van der Waals surface area contributed by atoms with E-state index in [1.165, 1.54) is 0 Å². The highest BCUT2D eigenvalue weighted by atomic mass is 32.2. The molecule has 0 unspecified atom stereocenters. The Labute approximate surface area is 107 Å². The van der Waals surface area contributed by atoms with Gasteiger partial charge in [0.25, 0.3) is 0 Å². The summed E-state index contributed by atoms with van der Waals surface area (Å²) in [5.41, 5.74) is 6.92. The Morgan fingerprint density at radius 2 is 1.94 bits per heavy atom. The zero-order chi connectivity index (χ0) is 12.8. The zero-order valence-corrected chi connectivity index (χ0v) is 10.9. The predicted molar refractivity (Wildman–Crippen MR) is 71.7 cm³/mol. The van der Waals surface area contributed by atoms with Crippen molar-refractivity contribution in [3.63, 3.8) is 0 Å². The summed E-state index contributed by atoms with van der Waals surface area (Å²) in [6, 6.07) is 5.07. The van der Waals surface area contributed by atoms with E-state index in [-0.39, 0.29) is 0 Å². The second-order valence-corrected chi connectivity index (χ2v) is 6.87. The largest absolute Gasteiger partial charge is 0.399 e. The standard InChI is InChI=1S/C13H16N2O2S/c14-11-4-3-10-7-12(9-15-5-1-2-6-15)18(16,17)13(10)8-11/h3-4,7-8H,1-2,5-6,9,14H2. The molecular formula is C13H16N2O2S. The highest BCUT2D eigenvalue weighted by Crippen LogP contribution is 2.34. The molecule has 0 bridgehead atoms.